The van der Waals surface area contributed by atoms with Crippen LogP contribution in [0, 0.1) is 45.1 Å². The minimum Gasteiger partial charge on any atom is -0.409 e. The van der Waals surface area contributed by atoms with Crippen LogP contribution in [0.5, 0.6) is 5.75 Å². The molecule has 6 N–H and O–H groups in total. The van der Waals surface area contributed by atoms with Gasteiger partial charge in [0.05, 0.1) is 23.6 Å². The van der Waals surface area contributed by atoms with E-state index < -0.39 is 46.6 Å². The molecule has 67 heavy (non-hydrogen) atoms. The molecule has 2 aromatic carbocycles. The molecule has 0 saturated carbocycles. The molecule has 3 aromatic rings. The van der Waals surface area contributed by atoms with Crippen LogP contribution >= 0.6 is 0 Å². The van der Waals surface area contributed by atoms with Crippen LogP contribution < -0.4 is 37.5 Å². The van der Waals surface area contributed by atoms with Crippen molar-refractivity contribution in [3.63, 3.8) is 0 Å². The number of carbonyl (C=O) groups excluding carboxylic acids is 3. The smallest absolute Gasteiger partial charge is 0.409 e. The molecule has 4 heterocycles. The van der Waals surface area contributed by atoms with E-state index in [1.165, 1.54) is 24.3 Å². The zero-order valence-electron chi connectivity index (χ0n) is 40.2. The van der Waals surface area contributed by atoms with E-state index in [4.69, 9.17) is 14.9 Å². The van der Waals surface area contributed by atoms with Crippen molar-refractivity contribution in [2.45, 2.75) is 130 Å². The molecular weight excluding hydrogens is 863 g/mol. The molecule has 3 aliphatic rings. The molecule has 3 amide bonds. The number of hydrogen-bond donors (Lipinski definition) is 5. The predicted molar refractivity (Wildman–Crippen MR) is 253 cm³/mol. The average Bonchev–Trinajstić information content (AvgIpc) is 3.24. The highest BCUT2D eigenvalue weighted by Crippen LogP contribution is 2.30. The van der Waals surface area contributed by atoms with Gasteiger partial charge in [0.15, 0.2) is 0 Å². The summed E-state index contributed by atoms with van der Waals surface area (Å²) < 4.78 is 36.1. The van der Waals surface area contributed by atoms with Gasteiger partial charge in [-0.25, -0.2) is 18.4 Å². The topological polar surface area (TPSA) is 232 Å². The van der Waals surface area contributed by atoms with Crippen LogP contribution in [0.3, 0.4) is 0 Å². The van der Waals surface area contributed by atoms with Crippen molar-refractivity contribution in [3.8, 4) is 17.9 Å². The van der Waals surface area contributed by atoms with Gasteiger partial charge in [0.25, 0.3) is 0 Å². The van der Waals surface area contributed by atoms with Gasteiger partial charge < -0.3 is 40.6 Å². The number of benzene rings is 2. The largest absolute Gasteiger partial charge is 0.441 e. The molecule has 1 aromatic heterocycles. The van der Waals surface area contributed by atoms with E-state index in [0.29, 0.717) is 55.2 Å². The molecule has 0 bridgehead atoms. The van der Waals surface area contributed by atoms with Crippen LogP contribution in [0.25, 0.3) is 16.7 Å². The second-order valence-corrected chi connectivity index (χ2v) is 20.0. The fourth-order valence-electron chi connectivity index (χ4n) is 8.17. The number of nitriles is 2. The molecule has 2 fully saturated rings. The number of likely N-dealkylation sites (tertiary alicyclic amines) is 2. The lowest BCUT2D eigenvalue weighted by molar-refractivity contribution is -0.125. The Bertz CT molecular complexity index is 2360. The highest BCUT2D eigenvalue weighted by Gasteiger charge is 2.39. The first-order chi connectivity index (χ1) is 31.4. The second kappa shape index (κ2) is 23.2. The molecule has 16 nitrogen and oxygen atoms in total. The van der Waals surface area contributed by atoms with Crippen molar-refractivity contribution in [2.75, 3.05) is 44.6 Å². The maximum absolute atomic E-state index is 13.6. The summed E-state index contributed by atoms with van der Waals surface area (Å²) in [5, 5.41) is 31.1. The first-order valence-electron chi connectivity index (χ1n) is 22.9. The summed E-state index contributed by atoms with van der Waals surface area (Å²) in [7, 11) is 0. The molecule has 3 aliphatic heterocycles. The van der Waals surface area contributed by atoms with E-state index in [1.54, 1.807) is 0 Å². The number of nitrogens with zero attached hydrogens (tertiary/aromatic N) is 5. The van der Waals surface area contributed by atoms with E-state index in [1.807, 2.05) is 20.8 Å². The summed E-state index contributed by atoms with van der Waals surface area (Å²) >= 11 is 0. The fraction of sp³-hybridized carbons (Fsp3) is 0.571. The van der Waals surface area contributed by atoms with Crippen LogP contribution in [0.2, 0.25) is 0 Å². The normalized spacial score (nSPS) is 17.8. The van der Waals surface area contributed by atoms with Crippen molar-refractivity contribution >= 4 is 40.4 Å². The Morgan fingerprint density at radius 2 is 1.36 bits per heavy atom. The molecule has 2 saturated heterocycles. The summed E-state index contributed by atoms with van der Waals surface area (Å²) in [6.07, 6.45) is 5.01. The van der Waals surface area contributed by atoms with Crippen molar-refractivity contribution in [3.05, 3.63) is 70.7 Å². The fourth-order valence-corrected chi connectivity index (χ4v) is 8.17. The Morgan fingerprint density at radius 3 is 1.87 bits per heavy atom. The van der Waals surface area contributed by atoms with Crippen LogP contribution in [-0.2, 0) is 9.59 Å². The van der Waals surface area contributed by atoms with Gasteiger partial charge in [0.2, 0.25) is 11.8 Å². The van der Waals surface area contributed by atoms with Crippen molar-refractivity contribution in [1.29, 1.82) is 10.5 Å². The number of halogens is 2. The van der Waals surface area contributed by atoms with Crippen molar-refractivity contribution in [1.82, 2.24) is 30.7 Å². The van der Waals surface area contributed by atoms with E-state index in [2.05, 4.69) is 89.4 Å². The van der Waals surface area contributed by atoms with Gasteiger partial charge in [0.1, 0.15) is 45.9 Å². The Balaban J connectivity index is 0.000000244. The Hall–Kier alpha value is -5.95. The van der Waals surface area contributed by atoms with Crippen LogP contribution in [0.1, 0.15) is 112 Å². The van der Waals surface area contributed by atoms with Crippen LogP contribution in [0.4, 0.5) is 19.4 Å². The van der Waals surface area contributed by atoms with Crippen molar-refractivity contribution < 1.29 is 32.3 Å². The maximum Gasteiger partial charge on any atom is 0.441 e. The van der Waals surface area contributed by atoms with E-state index in [-0.39, 0.29) is 39.8 Å². The number of piperidine rings is 2. The van der Waals surface area contributed by atoms with Crippen LogP contribution in [-0.4, -0.2) is 95.1 Å². The number of amides is 3. The third kappa shape index (κ3) is 16.1. The second-order valence-electron chi connectivity index (χ2n) is 20.0. The van der Waals surface area contributed by atoms with E-state index in [0.717, 1.165) is 64.2 Å². The number of aromatic nitrogens is 1. The molecule has 6 rings (SSSR count). The highest BCUT2D eigenvalue weighted by molar-refractivity contribution is 5.92. The summed E-state index contributed by atoms with van der Waals surface area (Å²) in [5.41, 5.74) is 5.13. The lowest BCUT2D eigenvalue weighted by Gasteiger charge is -2.39. The quantitative estimate of drug-likeness (QED) is 0.124. The Labute approximate surface area is 392 Å². The lowest BCUT2D eigenvalue weighted by atomic mass is 9.85. The van der Waals surface area contributed by atoms with E-state index >= 15 is 0 Å². The standard InChI is InChI=1S/C24H32FN5O3.C16H30N4O.C9H6FNO2/c1-5-10-30-11-8-24(15-26,9-12-30)29-21(31)18(14-23(2,3)4)27-20-17-7-6-16(25)13-19(17)33-22(32)28-20;1-5-8-20-9-6-16(12-17,7-10-20)19-14(21)13(18)11-15(2,3)4;1-5-7-3-2-6(10)4-8(7)13-9(12)11-5/h6-7,13,18H,5,8-12,14H2,1-4H3,(H,29,31)(H,27,28,32);13H,5-11,18H2,1-4H3,(H,19,21);2-4H,1H2,(H,11,12)/t18-;;/m0../s1. The predicted octanol–water partition coefficient (Wildman–Crippen LogP) is 6.96. The Morgan fingerprint density at radius 1 is 0.851 bits per heavy atom. The number of rotatable bonds is 12. The number of nitrogens with one attached hydrogen (secondary N) is 4. The van der Waals surface area contributed by atoms with Gasteiger partial charge in [-0.3, -0.25) is 14.9 Å². The van der Waals surface area contributed by atoms with Gasteiger partial charge in [-0.2, -0.15) is 15.5 Å². The lowest BCUT2D eigenvalue weighted by Crippen LogP contribution is -2.58. The maximum atomic E-state index is 13.6. The number of anilines is 1. The van der Waals surface area contributed by atoms with E-state index in [9.17, 15) is 38.5 Å². The number of carbonyl (C=O) groups is 3. The minimum absolute atomic E-state index is 0.00104. The molecule has 1 unspecified atom stereocenters. The number of hydrogen-bond acceptors (Lipinski definition) is 13. The Kier molecular flexibility index (Phi) is 18.6. The third-order valence-electron chi connectivity index (χ3n) is 11.6. The molecule has 0 aliphatic carbocycles. The molecule has 364 valence electrons. The summed E-state index contributed by atoms with van der Waals surface area (Å²) in [6.45, 7) is 25.3. The zero-order chi connectivity index (χ0) is 49.7. The molecule has 0 radical (unpaired) electrons. The van der Waals surface area contributed by atoms with Gasteiger partial charge in [-0.15, -0.1) is 0 Å². The van der Waals surface area contributed by atoms with Gasteiger partial charge in [-0.05, 0) is 99.6 Å². The number of ether oxygens (including phenoxy) is 1. The minimum atomic E-state index is -0.937. The first-order valence-corrected chi connectivity index (χ1v) is 22.9. The van der Waals surface area contributed by atoms with Crippen molar-refractivity contribution in [2.24, 2.45) is 16.6 Å². The first kappa shape index (κ1) is 53.7. The zero-order valence-corrected chi connectivity index (χ0v) is 40.2. The molecule has 2 atom stereocenters. The highest BCUT2D eigenvalue weighted by atomic mass is 19.1. The SMILES string of the molecule is C=C1NC(=O)Oc2cc(F)ccc21.CCCN1CCC(C#N)(NC(=O)C(N)CC(C)(C)C)CC1.CCCN1CCC(C#N)(NC(=O)[C@H](CC(C)(C)C)Nc2nc(=O)oc3cc(F)ccc23)CC1. The number of fused-ring (bicyclic) bond motifs is 2. The average molecular weight is 931 g/mol. The van der Waals surface area contributed by atoms with Crippen LogP contribution in [0.15, 0.2) is 52.2 Å². The summed E-state index contributed by atoms with van der Waals surface area (Å²) in [5.74, 6) is -2.06. The van der Waals surface area contributed by atoms with Gasteiger partial charge >= 0.3 is 11.8 Å². The molecule has 0 spiro atoms. The van der Waals surface area contributed by atoms with Gasteiger partial charge in [-0.1, -0.05) is 62.0 Å². The van der Waals surface area contributed by atoms with Gasteiger partial charge in [0, 0.05) is 49.6 Å². The molecular formula is C49H68F2N10O6. The molecule has 18 heteroatoms. The number of nitrogens with two attached hydrogens (primary N) is 1. The monoisotopic (exact) mass is 931 g/mol. The summed E-state index contributed by atoms with van der Waals surface area (Å²) in [6, 6.07) is 11.1. The third-order valence-corrected chi connectivity index (χ3v) is 11.6. The summed E-state index contributed by atoms with van der Waals surface area (Å²) in [4.78, 5) is 57.0.